The Kier molecular flexibility index (Phi) is 4.84. The molecule has 1 atom stereocenters. The van der Waals surface area contributed by atoms with Crippen molar-refractivity contribution in [2.24, 2.45) is 5.16 Å². The average molecular weight is 195 g/mol. The fraction of sp³-hybridized carbons (Fsp3) is 0.833. The highest BCUT2D eigenvalue weighted by Crippen LogP contribution is 2.06. The van der Waals surface area contributed by atoms with Gasteiger partial charge in [0.2, 0.25) is 0 Å². The van der Waals surface area contributed by atoms with Crippen molar-refractivity contribution >= 4 is 16.3 Å². The molecule has 0 radical (unpaired) electrons. The van der Waals surface area contributed by atoms with E-state index in [0.717, 1.165) is 12.6 Å². The highest BCUT2D eigenvalue weighted by molar-refractivity contribution is 7.87. The van der Waals surface area contributed by atoms with E-state index in [4.69, 9.17) is 9.76 Å². The smallest absolute Gasteiger partial charge is 0.273 e. The van der Waals surface area contributed by atoms with Gasteiger partial charge in [-0.2, -0.15) is 8.42 Å². The fourth-order valence-corrected chi connectivity index (χ4v) is 1.45. The van der Waals surface area contributed by atoms with Crippen molar-refractivity contribution in [3.8, 4) is 0 Å². The van der Waals surface area contributed by atoms with E-state index in [9.17, 15) is 8.42 Å². The van der Waals surface area contributed by atoms with Crippen LogP contribution in [-0.4, -0.2) is 29.6 Å². The van der Waals surface area contributed by atoms with Gasteiger partial charge in [-0.15, -0.1) is 5.16 Å². The Bertz CT molecular complexity index is 234. The Balaban J connectivity index is 4.25. The highest BCUT2D eigenvalue weighted by atomic mass is 32.2. The second-order valence-electron chi connectivity index (χ2n) is 2.46. The number of oxime groups is 1. The molecule has 0 aromatic heterocycles. The van der Waals surface area contributed by atoms with Crippen LogP contribution in [0.5, 0.6) is 0 Å². The van der Waals surface area contributed by atoms with Gasteiger partial charge in [0.25, 0.3) is 10.1 Å². The first-order chi connectivity index (χ1) is 5.52. The van der Waals surface area contributed by atoms with Crippen molar-refractivity contribution in [2.45, 2.75) is 31.4 Å². The Labute approximate surface area is 71.8 Å². The fourth-order valence-electron chi connectivity index (χ4n) is 0.780. The molecule has 6 heteroatoms. The maximum absolute atomic E-state index is 10.6. The largest absolute Gasteiger partial charge is 0.411 e. The maximum atomic E-state index is 10.6. The third-order valence-corrected chi connectivity index (χ3v) is 2.58. The molecule has 0 amide bonds. The van der Waals surface area contributed by atoms with Crippen LogP contribution >= 0.6 is 0 Å². The van der Waals surface area contributed by atoms with Crippen molar-refractivity contribution < 1.29 is 18.2 Å². The minimum Gasteiger partial charge on any atom is -0.411 e. The van der Waals surface area contributed by atoms with E-state index in [1.807, 2.05) is 6.92 Å². The molecule has 0 aliphatic carbocycles. The minimum atomic E-state index is -4.11. The summed E-state index contributed by atoms with van der Waals surface area (Å²) < 4.78 is 29.8. The van der Waals surface area contributed by atoms with E-state index >= 15 is 0 Å². The number of unbranched alkanes of at least 4 members (excludes halogenated alkanes) is 1. The molecule has 0 heterocycles. The number of rotatable bonds is 5. The topological polar surface area (TPSA) is 87.0 Å². The van der Waals surface area contributed by atoms with Gasteiger partial charge in [-0.3, -0.25) is 4.55 Å². The summed E-state index contributed by atoms with van der Waals surface area (Å²) in [6, 6.07) is 0. The third kappa shape index (κ3) is 4.30. The Morgan fingerprint density at radius 1 is 1.58 bits per heavy atom. The summed E-state index contributed by atoms with van der Waals surface area (Å²) in [5.41, 5.74) is 0. The molecule has 72 valence electrons. The predicted octanol–water partition coefficient (Wildman–Crippen LogP) is 0.893. The molecule has 2 N–H and O–H groups in total. The van der Waals surface area contributed by atoms with E-state index in [-0.39, 0.29) is 6.42 Å². The SMILES string of the molecule is CCCCC(C=NO)S(=O)(=O)O. The van der Waals surface area contributed by atoms with E-state index in [2.05, 4.69) is 5.16 Å². The predicted molar refractivity (Wildman–Crippen MR) is 45.1 cm³/mol. The van der Waals surface area contributed by atoms with Crippen molar-refractivity contribution in [1.29, 1.82) is 0 Å². The molecular formula is C6H13NO4S. The van der Waals surface area contributed by atoms with Crippen molar-refractivity contribution in [2.75, 3.05) is 0 Å². The van der Waals surface area contributed by atoms with Crippen LogP contribution < -0.4 is 0 Å². The summed E-state index contributed by atoms with van der Waals surface area (Å²) >= 11 is 0. The molecule has 5 nitrogen and oxygen atoms in total. The normalized spacial score (nSPS) is 15.2. The molecule has 0 aromatic carbocycles. The van der Waals surface area contributed by atoms with Gasteiger partial charge in [0, 0.05) is 0 Å². The molecule has 0 aliphatic heterocycles. The summed E-state index contributed by atoms with van der Waals surface area (Å²) in [6.07, 6.45) is 2.59. The lowest BCUT2D eigenvalue weighted by atomic mass is 10.2. The van der Waals surface area contributed by atoms with Crippen LogP contribution in [0.2, 0.25) is 0 Å². The van der Waals surface area contributed by atoms with Crippen molar-refractivity contribution in [3.05, 3.63) is 0 Å². The molecule has 0 fully saturated rings. The van der Waals surface area contributed by atoms with Gasteiger partial charge in [-0.1, -0.05) is 19.8 Å². The van der Waals surface area contributed by atoms with Crippen LogP contribution in [0.1, 0.15) is 26.2 Å². The third-order valence-electron chi connectivity index (χ3n) is 1.46. The lowest BCUT2D eigenvalue weighted by Crippen LogP contribution is -2.21. The maximum Gasteiger partial charge on any atom is 0.273 e. The zero-order chi connectivity index (χ0) is 9.61. The molecule has 12 heavy (non-hydrogen) atoms. The van der Waals surface area contributed by atoms with Gasteiger partial charge in [0.05, 0.1) is 6.21 Å². The molecule has 0 saturated carbocycles. The van der Waals surface area contributed by atoms with E-state index in [1.165, 1.54) is 0 Å². The van der Waals surface area contributed by atoms with Crippen molar-refractivity contribution in [3.63, 3.8) is 0 Å². The number of hydrogen-bond acceptors (Lipinski definition) is 4. The van der Waals surface area contributed by atoms with Crippen LogP contribution in [0, 0.1) is 0 Å². The highest BCUT2D eigenvalue weighted by Gasteiger charge is 2.19. The lowest BCUT2D eigenvalue weighted by Gasteiger charge is -2.05. The molecule has 0 rings (SSSR count). The van der Waals surface area contributed by atoms with E-state index in [1.54, 1.807) is 0 Å². The summed E-state index contributed by atoms with van der Waals surface area (Å²) in [5.74, 6) is 0. The first-order valence-corrected chi connectivity index (χ1v) is 5.16. The van der Waals surface area contributed by atoms with Crippen LogP contribution in [0.4, 0.5) is 0 Å². The summed E-state index contributed by atoms with van der Waals surface area (Å²) in [4.78, 5) is 0. The zero-order valence-corrected chi connectivity index (χ0v) is 7.66. The monoisotopic (exact) mass is 195 g/mol. The lowest BCUT2D eigenvalue weighted by molar-refractivity contribution is 0.320. The summed E-state index contributed by atoms with van der Waals surface area (Å²) in [6.45, 7) is 1.90. The van der Waals surface area contributed by atoms with Crippen LogP contribution in [0.3, 0.4) is 0 Å². The summed E-state index contributed by atoms with van der Waals surface area (Å²) in [5, 5.41) is 9.60. The Hall–Kier alpha value is -0.620. The number of hydrogen-bond donors (Lipinski definition) is 2. The van der Waals surface area contributed by atoms with Crippen molar-refractivity contribution in [1.82, 2.24) is 0 Å². The van der Waals surface area contributed by atoms with Crippen LogP contribution in [0.25, 0.3) is 0 Å². The molecular weight excluding hydrogens is 182 g/mol. The Morgan fingerprint density at radius 3 is 2.50 bits per heavy atom. The van der Waals surface area contributed by atoms with Crippen LogP contribution in [0.15, 0.2) is 5.16 Å². The van der Waals surface area contributed by atoms with Gasteiger partial charge >= 0.3 is 0 Å². The van der Waals surface area contributed by atoms with E-state index < -0.39 is 15.4 Å². The zero-order valence-electron chi connectivity index (χ0n) is 6.84. The van der Waals surface area contributed by atoms with Gasteiger partial charge in [0.1, 0.15) is 5.25 Å². The first kappa shape index (κ1) is 11.4. The van der Waals surface area contributed by atoms with Crippen LogP contribution in [-0.2, 0) is 10.1 Å². The first-order valence-electron chi connectivity index (χ1n) is 3.66. The summed E-state index contributed by atoms with van der Waals surface area (Å²) in [7, 11) is -4.11. The second-order valence-corrected chi connectivity index (χ2v) is 4.10. The molecule has 0 bridgehead atoms. The van der Waals surface area contributed by atoms with Gasteiger partial charge in [-0.25, -0.2) is 0 Å². The van der Waals surface area contributed by atoms with E-state index in [0.29, 0.717) is 6.42 Å². The Morgan fingerprint density at radius 2 is 2.17 bits per heavy atom. The van der Waals surface area contributed by atoms with Gasteiger partial charge in [0.15, 0.2) is 0 Å². The molecule has 0 saturated heterocycles. The number of nitrogens with zero attached hydrogens (tertiary/aromatic N) is 1. The molecule has 1 unspecified atom stereocenters. The van der Waals surface area contributed by atoms with Gasteiger partial charge in [-0.05, 0) is 6.42 Å². The minimum absolute atomic E-state index is 0.277. The average Bonchev–Trinajstić information content (AvgIpc) is 1.95. The molecule has 0 aromatic rings. The standard InChI is InChI=1S/C6H13NO4S/c1-2-3-4-6(5-7-8)12(9,10)11/h5-6,8H,2-4H2,1H3,(H,9,10,11). The molecule has 0 aliphatic rings. The second kappa shape index (κ2) is 5.10. The van der Waals surface area contributed by atoms with Gasteiger partial charge < -0.3 is 5.21 Å². The molecule has 0 spiro atoms. The quantitative estimate of drug-likeness (QED) is 0.295.